The molecule has 3 rings (SSSR count). The largest absolute Gasteiger partial charge is 0.477 e. The molecule has 0 aliphatic carbocycles. The van der Waals surface area contributed by atoms with E-state index >= 15 is 0 Å². The molecule has 23 heavy (non-hydrogen) atoms. The number of carbonyl (C=O) groups is 2. The minimum atomic E-state index is -1.04. The molecule has 2 saturated heterocycles. The molecular formula is C16H21N3O4. The molecule has 2 fully saturated rings. The maximum Gasteiger partial charge on any atom is 0.354 e. The number of pyridine rings is 1. The van der Waals surface area contributed by atoms with Crippen LogP contribution in [0.4, 0.5) is 5.82 Å². The zero-order valence-corrected chi connectivity index (χ0v) is 13.0. The topological polar surface area (TPSA) is 83.0 Å². The van der Waals surface area contributed by atoms with Crippen LogP contribution in [-0.2, 0) is 9.53 Å². The third kappa shape index (κ3) is 3.61. The molecule has 0 aromatic carbocycles. The highest BCUT2D eigenvalue weighted by Crippen LogP contribution is 2.23. The van der Waals surface area contributed by atoms with Gasteiger partial charge in [0.25, 0.3) is 0 Å². The van der Waals surface area contributed by atoms with Crippen LogP contribution < -0.4 is 4.90 Å². The number of aromatic carboxylic acids is 1. The summed E-state index contributed by atoms with van der Waals surface area (Å²) in [6, 6.07) is 4.97. The first-order valence-corrected chi connectivity index (χ1v) is 7.97. The van der Waals surface area contributed by atoms with E-state index < -0.39 is 5.97 Å². The summed E-state index contributed by atoms with van der Waals surface area (Å²) < 4.78 is 5.29. The number of carboxylic acid groups (broad SMARTS) is 1. The molecule has 2 aliphatic rings. The quantitative estimate of drug-likeness (QED) is 0.889. The summed E-state index contributed by atoms with van der Waals surface area (Å²) in [5.74, 6) is -0.293. The van der Waals surface area contributed by atoms with Gasteiger partial charge in [-0.1, -0.05) is 6.07 Å². The van der Waals surface area contributed by atoms with E-state index in [1.165, 1.54) is 6.07 Å². The standard InChI is InChI=1S/C16H21N3O4/c20-15(18-7-9-23-10-8-18)12-3-2-6-19(11-12)14-5-1-4-13(17-14)16(21)22/h1,4-5,12H,2-3,6-11H2,(H,21,22). The fourth-order valence-corrected chi connectivity index (χ4v) is 3.15. The monoisotopic (exact) mass is 319 g/mol. The lowest BCUT2D eigenvalue weighted by atomic mass is 9.96. The van der Waals surface area contributed by atoms with Crippen molar-refractivity contribution in [2.24, 2.45) is 5.92 Å². The zero-order chi connectivity index (χ0) is 16.2. The highest BCUT2D eigenvalue weighted by Gasteiger charge is 2.30. The molecule has 2 aliphatic heterocycles. The second-order valence-corrected chi connectivity index (χ2v) is 5.91. The molecule has 0 bridgehead atoms. The Kier molecular flexibility index (Phi) is 4.76. The van der Waals surface area contributed by atoms with E-state index in [0.29, 0.717) is 38.7 Å². The van der Waals surface area contributed by atoms with Gasteiger partial charge in [0, 0.05) is 26.2 Å². The Morgan fingerprint density at radius 1 is 1.22 bits per heavy atom. The van der Waals surface area contributed by atoms with Crippen LogP contribution in [-0.4, -0.2) is 66.3 Å². The molecule has 1 aromatic rings. The fourth-order valence-electron chi connectivity index (χ4n) is 3.15. The summed E-state index contributed by atoms with van der Waals surface area (Å²) in [6.07, 6.45) is 1.77. The Morgan fingerprint density at radius 2 is 2.00 bits per heavy atom. The molecule has 0 saturated carbocycles. The number of carboxylic acids is 1. The van der Waals surface area contributed by atoms with Gasteiger partial charge >= 0.3 is 5.97 Å². The van der Waals surface area contributed by atoms with E-state index in [1.807, 2.05) is 9.80 Å². The van der Waals surface area contributed by atoms with Crippen molar-refractivity contribution in [2.75, 3.05) is 44.3 Å². The van der Waals surface area contributed by atoms with Crippen molar-refractivity contribution in [3.05, 3.63) is 23.9 Å². The van der Waals surface area contributed by atoms with Crippen molar-refractivity contribution in [1.82, 2.24) is 9.88 Å². The highest BCUT2D eigenvalue weighted by molar-refractivity contribution is 5.85. The number of hydrogen-bond donors (Lipinski definition) is 1. The number of nitrogens with zero attached hydrogens (tertiary/aromatic N) is 3. The van der Waals surface area contributed by atoms with E-state index in [2.05, 4.69) is 4.98 Å². The number of aromatic nitrogens is 1. The van der Waals surface area contributed by atoms with Crippen LogP contribution in [0.5, 0.6) is 0 Å². The third-order valence-corrected chi connectivity index (χ3v) is 4.37. The van der Waals surface area contributed by atoms with Gasteiger partial charge in [-0.25, -0.2) is 9.78 Å². The first-order chi connectivity index (χ1) is 11.1. The molecule has 0 spiro atoms. The van der Waals surface area contributed by atoms with E-state index in [4.69, 9.17) is 9.84 Å². The van der Waals surface area contributed by atoms with Crippen LogP contribution in [0, 0.1) is 5.92 Å². The molecule has 7 nitrogen and oxygen atoms in total. The molecule has 0 radical (unpaired) electrons. The third-order valence-electron chi connectivity index (χ3n) is 4.37. The molecule has 124 valence electrons. The predicted octanol–water partition coefficient (Wildman–Crippen LogP) is 0.855. The molecule has 1 aromatic heterocycles. The van der Waals surface area contributed by atoms with E-state index in [1.54, 1.807) is 12.1 Å². The Morgan fingerprint density at radius 3 is 2.74 bits per heavy atom. The number of morpholine rings is 1. The summed E-state index contributed by atoms with van der Waals surface area (Å²) in [6.45, 7) is 3.90. The SMILES string of the molecule is O=C(O)c1cccc(N2CCCC(C(=O)N3CCOCC3)C2)n1. The van der Waals surface area contributed by atoms with Gasteiger partial charge in [0.15, 0.2) is 5.69 Å². The van der Waals surface area contributed by atoms with Crippen molar-refractivity contribution >= 4 is 17.7 Å². The van der Waals surface area contributed by atoms with Crippen LogP contribution in [0.1, 0.15) is 23.3 Å². The maximum atomic E-state index is 12.6. The minimum Gasteiger partial charge on any atom is -0.477 e. The van der Waals surface area contributed by atoms with E-state index in [9.17, 15) is 9.59 Å². The summed E-state index contributed by atoms with van der Waals surface area (Å²) in [4.78, 5) is 31.8. The van der Waals surface area contributed by atoms with Gasteiger partial charge in [-0.2, -0.15) is 0 Å². The van der Waals surface area contributed by atoms with Crippen LogP contribution in [0.3, 0.4) is 0 Å². The first kappa shape index (κ1) is 15.7. The summed E-state index contributed by atoms with van der Waals surface area (Å²) in [7, 11) is 0. The second-order valence-electron chi connectivity index (χ2n) is 5.91. The lowest BCUT2D eigenvalue weighted by molar-refractivity contribution is -0.139. The number of amides is 1. The fraction of sp³-hybridized carbons (Fsp3) is 0.562. The number of ether oxygens (including phenoxy) is 1. The average molecular weight is 319 g/mol. The van der Waals surface area contributed by atoms with Crippen molar-refractivity contribution < 1.29 is 19.4 Å². The van der Waals surface area contributed by atoms with Crippen LogP contribution in [0.25, 0.3) is 0 Å². The molecule has 1 N–H and O–H groups in total. The summed E-state index contributed by atoms with van der Waals surface area (Å²) in [5, 5.41) is 9.06. The molecule has 1 amide bonds. The molecule has 1 atom stereocenters. The van der Waals surface area contributed by atoms with Gasteiger partial charge in [0.2, 0.25) is 5.91 Å². The van der Waals surface area contributed by atoms with Gasteiger partial charge < -0.3 is 19.6 Å². The van der Waals surface area contributed by atoms with Gasteiger partial charge in [0.1, 0.15) is 5.82 Å². The molecule has 3 heterocycles. The van der Waals surface area contributed by atoms with Gasteiger partial charge in [-0.05, 0) is 25.0 Å². The number of piperidine rings is 1. The average Bonchev–Trinajstić information content (AvgIpc) is 2.62. The van der Waals surface area contributed by atoms with Gasteiger partial charge in [-0.3, -0.25) is 4.79 Å². The first-order valence-electron chi connectivity index (χ1n) is 7.97. The van der Waals surface area contributed by atoms with E-state index in [0.717, 1.165) is 19.4 Å². The Bertz CT molecular complexity index is 586. The predicted molar refractivity (Wildman–Crippen MR) is 83.5 cm³/mol. The van der Waals surface area contributed by atoms with Crippen LogP contribution >= 0.6 is 0 Å². The highest BCUT2D eigenvalue weighted by atomic mass is 16.5. The maximum absolute atomic E-state index is 12.6. The number of hydrogen-bond acceptors (Lipinski definition) is 5. The zero-order valence-electron chi connectivity index (χ0n) is 13.0. The minimum absolute atomic E-state index is 0.0316. The Labute approximate surface area is 134 Å². The lowest BCUT2D eigenvalue weighted by Crippen LogP contribution is -2.48. The van der Waals surface area contributed by atoms with Crippen molar-refractivity contribution in [1.29, 1.82) is 0 Å². The Hall–Kier alpha value is -2.15. The summed E-state index contributed by atoms with van der Waals surface area (Å²) >= 11 is 0. The summed E-state index contributed by atoms with van der Waals surface area (Å²) in [5.41, 5.74) is 0.0316. The molecule has 7 heteroatoms. The lowest BCUT2D eigenvalue weighted by Gasteiger charge is -2.36. The molecular weight excluding hydrogens is 298 g/mol. The normalized spacial score (nSPS) is 22.0. The number of carbonyl (C=O) groups excluding carboxylic acids is 1. The van der Waals surface area contributed by atoms with Gasteiger partial charge in [0.05, 0.1) is 19.1 Å². The van der Waals surface area contributed by atoms with Crippen molar-refractivity contribution in [3.8, 4) is 0 Å². The number of rotatable bonds is 3. The van der Waals surface area contributed by atoms with Gasteiger partial charge in [-0.15, -0.1) is 0 Å². The van der Waals surface area contributed by atoms with Crippen molar-refractivity contribution in [3.63, 3.8) is 0 Å². The smallest absolute Gasteiger partial charge is 0.354 e. The number of anilines is 1. The van der Waals surface area contributed by atoms with Crippen molar-refractivity contribution in [2.45, 2.75) is 12.8 Å². The second kappa shape index (κ2) is 6.95. The Balaban J connectivity index is 1.69. The van der Waals surface area contributed by atoms with Crippen LogP contribution in [0.2, 0.25) is 0 Å². The van der Waals surface area contributed by atoms with Crippen LogP contribution in [0.15, 0.2) is 18.2 Å². The van der Waals surface area contributed by atoms with E-state index in [-0.39, 0.29) is 17.5 Å². The molecule has 1 unspecified atom stereocenters.